The third-order valence-electron chi connectivity index (χ3n) is 1.39. The molecule has 0 bridgehead atoms. The number of carbonyl (C=O) groups excluding carboxylic acids is 1. The molecule has 1 rings (SSSR count). The van der Waals surface area contributed by atoms with Gasteiger partial charge in [0.2, 0.25) is 0 Å². The van der Waals surface area contributed by atoms with E-state index in [1.54, 1.807) is 6.07 Å². The molecule has 7 heteroatoms. The standard InChI is InChI=1S/C8H11N3O2S.ClH/c1-5(12)13-11-8(10)7-3-2-6(4-9)14-7;/h2-3H,4,9H2,1H3,(H2,10,11);1H. The summed E-state index contributed by atoms with van der Waals surface area (Å²) in [4.78, 5) is 16.6. The van der Waals surface area contributed by atoms with Crippen LogP contribution < -0.4 is 11.5 Å². The zero-order valence-corrected chi connectivity index (χ0v) is 9.73. The van der Waals surface area contributed by atoms with Crippen molar-refractivity contribution in [3.05, 3.63) is 21.9 Å². The monoisotopic (exact) mass is 249 g/mol. The highest BCUT2D eigenvalue weighted by Crippen LogP contribution is 2.15. The van der Waals surface area contributed by atoms with Gasteiger partial charge in [-0.25, -0.2) is 4.79 Å². The summed E-state index contributed by atoms with van der Waals surface area (Å²) in [5, 5.41) is 3.46. The van der Waals surface area contributed by atoms with Gasteiger partial charge in [-0.1, -0.05) is 5.16 Å². The number of oxime groups is 1. The summed E-state index contributed by atoms with van der Waals surface area (Å²) in [6, 6.07) is 3.64. The zero-order chi connectivity index (χ0) is 10.6. The minimum absolute atomic E-state index is 0. The number of thiophene rings is 1. The number of hydrogen-bond acceptors (Lipinski definition) is 5. The number of nitrogens with two attached hydrogens (primary N) is 2. The molecule has 15 heavy (non-hydrogen) atoms. The van der Waals surface area contributed by atoms with Crippen LogP contribution in [0.1, 0.15) is 16.7 Å². The Morgan fingerprint density at radius 1 is 1.60 bits per heavy atom. The van der Waals surface area contributed by atoms with Gasteiger partial charge in [0.1, 0.15) is 0 Å². The summed E-state index contributed by atoms with van der Waals surface area (Å²) < 4.78 is 0. The predicted octanol–water partition coefficient (Wildman–Crippen LogP) is 0.812. The van der Waals surface area contributed by atoms with Crippen molar-refractivity contribution in [1.29, 1.82) is 0 Å². The molecular weight excluding hydrogens is 238 g/mol. The SMILES string of the molecule is CC(=O)ON=C(N)c1ccc(CN)s1.Cl. The van der Waals surface area contributed by atoms with Crippen LogP contribution in [0.25, 0.3) is 0 Å². The highest BCUT2D eigenvalue weighted by molar-refractivity contribution is 7.14. The van der Waals surface area contributed by atoms with Crippen LogP contribution >= 0.6 is 23.7 Å². The zero-order valence-electron chi connectivity index (χ0n) is 8.10. The Kier molecular flexibility index (Phi) is 5.92. The minimum Gasteiger partial charge on any atom is -0.380 e. The Labute approximate surface area is 97.5 Å². The van der Waals surface area contributed by atoms with Gasteiger partial charge in [0.25, 0.3) is 0 Å². The van der Waals surface area contributed by atoms with Gasteiger partial charge in [0, 0.05) is 18.3 Å². The maximum Gasteiger partial charge on any atom is 0.332 e. The van der Waals surface area contributed by atoms with Crippen molar-refractivity contribution in [3.8, 4) is 0 Å². The van der Waals surface area contributed by atoms with Crippen molar-refractivity contribution < 1.29 is 9.63 Å². The van der Waals surface area contributed by atoms with Crippen molar-refractivity contribution in [2.24, 2.45) is 16.6 Å². The molecule has 0 aromatic carbocycles. The first-order valence-electron chi connectivity index (χ1n) is 3.93. The molecule has 1 heterocycles. The van der Waals surface area contributed by atoms with Crippen LogP contribution in [0.15, 0.2) is 17.3 Å². The van der Waals surface area contributed by atoms with Gasteiger partial charge in [0.15, 0.2) is 5.84 Å². The van der Waals surface area contributed by atoms with Crippen molar-refractivity contribution in [3.63, 3.8) is 0 Å². The summed E-state index contributed by atoms with van der Waals surface area (Å²) in [6.45, 7) is 1.72. The van der Waals surface area contributed by atoms with E-state index in [-0.39, 0.29) is 18.2 Å². The summed E-state index contributed by atoms with van der Waals surface area (Å²) >= 11 is 1.42. The summed E-state index contributed by atoms with van der Waals surface area (Å²) in [7, 11) is 0. The largest absolute Gasteiger partial charge is 0.380 e. The van der Waals surface area contributed by atoms with Gasteiger partial charge in [-0.3, -0.25) is 0 Å². The number of carbonyl (C=O) groups is 1. The van der Waals surface area contributed by atoms with Gasteiger partial charge in [-0.05, 0) is 12.1 Å². The van der Waals surface area contributed by atoms with E-state index >= 15 is 0 Å². The lowest BCUT2D eigenvalue weighted by Crippen LogP contribution is -2.12. The van der Waals surface area contributed by atoms with Crippen molar-refractivity contribution >= 4 is 35.5 Å². The third-order valence-corrected chi connectivity index (χ3v) is 2.52. The van der Waals surface area contributed by atoms with Crippen molar-refractivity contribution in [2.75, 3.05) is 0 Å². The van der Waals surface area contributed by atoms with E-state index in [1.807, 2.05) is 6.07 Å². The highest BCUT2D eigenvalue weighted by atomic mass is 35.5. The maximum absolute atomic E-state index is 10.4. The van der Waals surface area contributed by atoms with E-state index in [0.29, 0.717) is 6.54 Å². The van der Waals surface area contributed by atoms with Gasteiger partial charge in [-0.2, -0.15) is 0 Å². The Hall–Kier alpha value is -1.11. The van der Waals surface area contributed by atoms with E-state index in [0.717, 1.165) is 9.75 Å². The average Bonchev–Trinajstić information content (AvgIpc) is 2.62. The molecule has 0 saturated heterocycles. The molecule has 5 nitrogen and oxygen atoms in total. The second-order valence-corrected chi connectivity index (χ2v) is 3.70. The lowest BCUT2D eigenvalue weighted by atomic mass is 10.4. The van der Waals surface area contributed by atoms with Crippen LogP contribution in [0.3, 0.4) is 0 Å². The van der Waals surface area contributed by atoms with Gasteiger partial charge < -0.3 is 16.3 Å². The summed E-state index contributed by atoms with van der Waals surface area (Å²) in [5.41, 5.74) is 11.0. The van der Waals surface area contributed by atoms with E-state index in [1.165, 1.54) is 18.3 Å². The first-order chi connectivity index (χ1) is 6.63. The molecule has 4 N–H and O–H groups in total. The number of nitrogens with zero attached hydrogens (tertiary/aromatic N) is 1. The normalized spacial score (nSPS) is 10.7. The fourth-order valence-corrected chi connectivity index (χ4v) is 1.56. The number of halogens is 1. The van der Waals surface area contributed by atoms with E-state index in [2.05, 4.69) is 9.99 Å². The number of amidine groups is 1. The smallest absolute Gasteiger partial charge is 0.332 e. The fourth-order valence-electron chi connectivity index (χ4n) is 0.784. The first kappa shape index (κ1) is 13.9. The van der Waals surface area contributed by atoms with Crippen LogP contribution in [-0.4, -0.2) is 11.8 Å². The molecule has 0 amide bonds. The van der Waals surface area contributed by atoms with Crippen LogP contribution in [0.2, 0.25) is 0 Å². The van der Waals surface area contributed by atoms with Crippen LogP contribution in [0, 0.1) is 0 Å². The fraction of sp³-hybridized carbons (Fsp3) is 0.250. The number of rotatable bonds is 3. The lowest BCUT2D eigenvalue weighted by molar-refractivity contribution is -0.140. The Morgan fingerprint density at radius 2 is 2.27 bits per heavy atom. The topological polar surface area (TPSA) is 90.7 Å². The predicted molar refractivity (Wildman–Crippen MR) is 61.9 cm³/mol. The van der Waals surface area contributed by atoms with Gasteiger partial charge in [0.05, 0.1) is 4.88 Å². The quantitative estimate of drug-likeness (QED) is 0.359. The Morgan fingerprint density at radius 3 is 2.73 bits per heavy atom. The molecule has 0 unspecified atom stereocenters. The first-order valence-corrected chi connectivity index (χ1v) is 4.75. The molecule has 0 atom stereocenters. The average molecular weight is 250 g/mol. The maximum atomic E-state index is 10.4. The van der Waals surface area contributed by atoms with E-state index in [9.17, 15) is 4.79 Å². The molecule has 1 aromatic rings. The van der Waals surface area contributed by atoms with Crippen molar-refractivity contribution in [1.82, 2.24) is 0 Å². The van der Waals surface area contributed by atoms with E-state index < -0.39 is 5.97 Å². The molecular formula is C8H12ClN3O2S. The molecule has 0 radical (unpaired) electrons. The molecule has 84 valence electrons. The molecule has 0 aliphatic rings. The second-order valence-electron chi connectivity index (χ2n) is 2.53. The van der Waals surface area contributed by atoms with Crippen LogP contribution in [0.4, 0.5) is 0 Å². The Balaban J connectivity index is 0.00000196. The molecule has 0 aliphatic carbocycles. The third kappa shape index (κ3) is 4.28. The number of hydrogen-bond donors (Lipinski definition) is 2. The molecule has 0 saturated carbocycles. The molecule has 0 aliphatic heterocycles. The summed E-state index contributed by atoms with van der Waals surface area (Å²) in [6.07, 6.45) is 0. The van der Waals surface area contributed by atoms with E-state index in [4.69, 9.17) is 11.5 Å². The highest BCUT2D eigenvalue weighted by Gasteiger charge is 2.03. The molecule has 0 spiro atoms. The summed E-state index contributed by atoms with van der Waals surface area (Å²) in [5.74, 6) is -0.312. The van der Waals surface area contributed by atoms with Crippen molar-refractivity contribution in [2.45, 2.75) is 13.5 Å². The molecule has 0 fully saturated rings. The van der Waals surface area contributed by atoms with Gasteiger partial charge in [-0.15, -0.1) is 23.7 Å². The lowest BCUT2D eigenvalue weighted by Gasteiger charge is -1.94. The minimum atomic E-state index is -0.497. The van der Waals surface area contributed by atoms with Crippen LogP contribution in [-0.2, 0) is 16.2 Å². The molecule has 1 aromatic heterocycles. The second kappa shape index (κ2) is 6.39. The van der Waals surface area contributed by atoms with Crippen LogP contribution in [0.5, 0.6) is 0 Å². The Bertz CT molecular complexity index is 365. The van der Waals surface area contributed by atoms with Gasteiger partial charge >= 0.3 is 5.97 Å².